The van der Waals surface area contributed by atoms with Gasteiger partial charge in [-0.1, -0.05) is 0 Å². The summed E-state index contributed by atoms with van der Waals surface area (Å²) in [7, 11) is 0. The summed E-state index contributed by atoms with van der Waals surface area (Å²) < 4.78 is 5.89. The van der Waals surface area contributed by atoms with Crippen LogP contribution in [0.5, 0.6) is 0 Å². The molecular formula is C14H27N3O2. The number of likely N-dealkylation sites (tertiary alicyclic amines) is 1. The lowest BCUT2D eigenvalue weighted by Crippen LogP contribution is -2.57. The predicted molar refractivity (Wildman–Crippen MR) is 74.9 cm³/mol. The molecule has 5 heteroatoms. The molecule has 1 unspecified atom stereocenters. The maximum atomic E-state index is 12.3. The van der Waals surface area contributed by atoms with Crippen LogP contribution in [0.25, 0.3) is 0 Å². The number of carbonyl (C=O) groups is 1. The van der Waals surface area contributed by atoms with Crippen molar-refractivity contribution >= 4 is 5.91 Å². The van der Waals surface area contributed by atoms with Crippen LogP contribution in [-0.4, -0.2) is 66.7 Å². The molecule has 2 heterocycles. The van der Waals surface area contributed by atoms with Crippen LogP contribution >= 0.6 is 0 Å². The van der Waals surface area contributed by atoms with E-state index in [1.165, 1.54) is 6.42 Å². The Balaban J connectivity index is 1.88. The van der Waals surface area contributed by atoms with Crippen molar-refractivity contribution in [2.24, 2.45) is 5.73 Å². The van der Waals surface area contributed by atoms with Gasteiger partial charge >= 0.3 is 0 Å². The zero-order chi connectivity index (χ0) is 13.9. The molecule has 2 fully saturated rings. The molecule has 1 atom stereocenters. The first-order valence-corrected chi connectivity index (χ1v) is 7.38. The predicted octanol–water partition coefficient (Wildman–Crippen LogP) is 0.437. The smallest absolute Gasteiger partial charge is 0.236 e. The molecule has 0 saturated carbocycles. The van der Waals surface area contributed by atoms with Crippen LogP contribution in [0.3, 0.4) is 0 Å². The molecule has 5 nitrogen and oxygen atoms in total. The maximum Gasteiger partial charge on any atom is 0.236 e. The third-order valence-electron chi connectivity index (χ3n) is 3.88. The van der Waals surface area contributed by atoms with E-state index in [1.807, 2.05) is 4.90 Å². The lowest BCUT2D eigenvalue weighted by Gasteiger charge is -2.42. The van der Waals surface area contributed by atoms with Gasteiger partial charge in [0.25, 0.3) is 0 Å². The average molecular weight is 269 g/mol. The van der Waals surface area contributed by atoms with Crippen molar-refractivity contribution in [3.05, 3.63) is 0 Å². The van der Waals surface area contributed by atoms with E-state index in [0.717, 1.165) is 39.0 Å². The van der Waals surface area contributed by atoms with E-state index in [2.05, 4.69) is 18.7 Å². The Hall–Kier alpha value is -0.650. The fourth-order valence-electron chi connectivity index (χ4n) is 3.09. The van der Waals surface area contributed by atoms with Crippen LogP contribution in [-0.2, 0) is 9.53 Å². The van der Waals surface area contributed by atoms with Crippen molar-refractivity contribution < 1.29 is 9.53 Å². The minimum absolute atomic E-state index is 0.0397. The van der Waals surface area contributed by atoms with E-state index in [1.54, 1.807) is 0 Å². The Morgan fingerprint density at radius 3 is 2.63 bits per heavy atom. The summed E-state index contributed by atoms with van der Waals surface area (Å²) in [5.74, 6) is 0.258. The molecule has 0 aromatic carbocycles. The molecule has 110 valence electrons. The summed E-state index contributed by atoms with van der Waals surface area (Å²) >= 11 is 0. The number of piperidine rings is 1. The molecular weight excluding hydrogens is 242 g/mol. The number of amides is 1. The van der Waals surface area contributed by atoms with Crippen molar-refractivity contribution in [2.75, 3.05) is 39.3 Å². The first-order valence-electron chi connectivity index (χ1n) is 7.38. The molecule has 2 N–H and O–H groups in total. The van der Waals surface area contributed by atoms with Gasteiger partial charge in [-0.05, 0) is 33.1 Å². The minimum Gasteiger partial charge on any atom is -0.368 e. The fourth-order valence-corrected chi connectivity index (χ4v) is 3.09. The van der Waals surface area contributed by atoms with E-state index in [-0.39, 0.29) is 17.6 Å². The Kier molecular flexibility index (Phi) is 4.81. The van der Waals surface area contributed by atoms with Gasteiger partial charge in [-0.25, -0.2) is 0 Å². The number of nitrogens with zero attached hydrogens (tertiary/aromatic N) is 2. The molecule has 0 aromatic rings. The summed E-state index contributed by atoms with van der Waals surface area (Å²) in [4.78, 5) is 16.5. The third-order valence-corrected chi connectivity index (χ3v) is 3.88. The van der Waals surface area contributed by atoms with Gasteiger partial charge in [0.1, 0.15) is 0 Å². The Morgan fingerprint density at radius 2 is 2.00 bits per heavy atom. The lowest BCUT2D eigenvalue weighted by molar-refractivity contribution is -0.147. The molecule has 19 heavy (non-hydrogen) atoms. The molecule has 0 aromatic heterocycles. The second-order valence-corrected chi connectivity index (χ2v) is 6.35. The Labute approximate surface area is 116 Å². The van der Waals surface area contributed by atoms with E-state index in [9.17, 15) is 4.79 Å². The number of nitrogens with two attached hydrogens (primary N) is 1. The third kappa shape index (κ3) is 4.16. The van der Waals surface area contributed by atoms with Gasteiger partial charge in [-0.3, -0.25) is 9.69 Å². The highest BCUT2D eigenvalue weighted by Gasteiger charge is 2.34. The van der Waals surface area contributed by atoms with E-state index < -0.39 is 0 Å². The molecule has 2 saturated heterocycles. The van der Waals surface area contributed by atoms with Gasteiger partial charge in [-0.2, -0.15) is 0 Å². The van der Waals surface area contributed by atoms with Gasteiger partial charge < -0.3 is 15.4 Å². The highest BCUT2D eigenvalue weighted by Crippen LogP contribution is 2.20. The molecule has 2 aliphatic heterocycles. The number of morpholine rings is 1. The topological polar surface area (TPSA) is 58.8 Å². The van der Waals surface area contributed by atoms with E-state index in [0.29, 0.717) is 13.1 Å². The van der Waals surface area contributed by atoms with E-state index in [4.69, 9.17) is 10.5 Å². The summed E-state index contributed by atoms with van der Waals surface area (Å²) in [6, 6.07) is 0. The van der Waals surface area contributed by atoms with Crippen molar-refractivity contribution in [1.82, 2.24) is 9.80 Å². The zero-order valence-electron chi connectivity index (χ0n) is 12.2. The molecule has 0 bridgehead atoms. The van der Waals surface area contributed by atoms with Crippen LogP contribution in [0.15, 0.2) is 0 Å². The van der Waals surface area contributed by atoms with Crippen molar-refractivity contribution in [1.29, 1.82) is 0 Å². The largest absolute Gasteiger partial charge is 0.368 e. The average Bonchev–Trinajstić information content (AvgIpc) is 2.37. The standard InChI is InChI=1S/C14H27N3O2/c1-14(2)11-16(9-12(8-15)19-14)10-13(18)17-6-4-3-5-7-17/h12H,3-11,15H2,1-2H3. The zero-order valence-corrected chi connectivity index (χ0v) is 12.2. The first-order chi connectivity index (χ1) is 9.00. The maximum absolute atomic E-state index is 12.3. The monoisotopic (exact) mass is 269 g/mol. The van der Waals surface area contributed by atoms with Crippen LogP contribution in [0, 0.1) is 0 Å². The highest BCUT2D eigenvalue weighted by molar-refractivity contribution is 5.78. The van der Waals surface area contributed by atoms with Gasteiger partial charge in [-0.15, -0.1) is 0 Å². The highest BCUT2D eigenvalue weighted by atomic mass is 16.5. The SMILES string of the molecule is CC1(C)CN(CC(=O)N2CCCCC2)CC(CN)O1. The Bertz CT molecular complexity index is 314. The molecule has 0 spiro atoms. The van der Waals surface area contributed by atoms with Crippen LogP contribution in [0.1, 0.15) is 33.1 Å². The summed E-state index contributed by atoms with van der Waals surface area (Å²) in [6.07, 6.45) is 3.58. The van der Waals surface area contributed by atoms with Crippen molar-refractivity contribution in [3.8, 4) is 0 Å². The van der Waals surface area contributed by atoms with Gasteiger partial charge in [0, 0.05) is 32.7 Å². The molecule has 1 amide bonds. The number of hydrogen-bond acceptors (Lipinski definition) is 4. The molecule has 2 rings (SSSR count). The molecule has 0 aliphatic carbocycles. The molecule has 0 radical (unpaired) electrons. The quantitative estimate of drug-likeness (QED) is 0.807. The second kappa shape index (κ2) is 6.20. The van der Waals surface area contributed by atoms with Gasteiger partial charge in [0.15, 0.2) is 0 Å². The van der Waals surface area contributed by atoms with Crippen molar-refractivity contribution in [2.45, 2.75) is 44.8 Å². The minimum atomic E-state index is -0.218. The number of ether oxygens (including phenoxy) is 1. The number of carbonyl (C=O) groups excluding carboxylic acids is 1. The Morgan fingerprint density at radius 1 is 1.32 bits per heavy atom. The van der Waals surface area contributed by atoms with Gasteiger partial charge in [0.2, 0.25) is 5.91 Å². The van der Waals surface area contributed by atoms with Crippen LogP contribution < -0.4 is 5.73 Å². The van der Waals surface area contributed by atoms with E-state index >= 15 is 0 Å². The molecule has 2 aliphatic rings. The number of rotatable bonds is 3. The summed E-state index contributed by atoms with van der Waals surface area (Å²) in [5.41, 5.74) is 5.50. The fraction of sp³-hybridized carbons (Fsp3) is 0.929. The number of hydrogen-bond donors (Lipinski definition) is 1. The first kappa shape index (κ1) is 14.8. The normalized spacial score (nSPS) is 28.4. The van der Waals surface area contributed by atoms with Crippen LogP contribution in [0.4, 0.5) is 0 Å². The van der Waals surface area contributed by atoms with Crippen molar-refractivity contribution in [3.63, 3.8) is 0 Å². The summed E-state index contributed by atoms with van der Waals surface area (Å²) in [6.45, 7) is 8.55. The second-order valence-electron chi connectivity index (χ2n) is 6.35. The van der Waals surface area contributed by atoms with Crippen LogP contribution in [0.2, 0.25) is 0 Å². The lowest BCUT2D eigenvalue weighted by atomic mass is 10.0. The summed E-state index contributed by atoms with van der Waals surface area (Å²) in [5, 5.41) is 0. The van der Waals surface area contributed by atoms with Gasteiger partial charge in [0.05, 0.1) is 18.2 Å².